The molecule has 0 atom stereocenters. The fourth-order valence-electron chi connectivity index (χ4n) is 2.88. The molecule has 3 aromatic rings. The minimum Gasteiger partial charge on any atom is -0.497 e. The van der Waals surface area contributed by atoms with Crippen LogP contribution in [-0.4, -0.2) is 27.5 Å². The van der Waals surface area contributed by atoms with Crippen molar-refractivity contribution in [3.05, 3.63) is 83.9 Å². The predicted octanol–water partition coefficient (Wildman–Crippen LogP) is 4.67. The summed E-state index contributed by atoms with van der Waals surface area (Å²) in [7, 11) is -2.34. The van der Waals surface area contributed by atoms with Crippen molar-refractivity contribution in [2.75, 3.05) is 17.1 Å². The van der Waals surface area contributed by atoms with Gasteiger partial charge >= 0.3 is 0 Å². The van der Waals surface area contributed by atoms with Gasteiger partial charge in [-0.05, 0) is 74.0 Å². The molecule has 168 valence electrons. The molecule has 0 bridgehead atoms. The summed E-state index contributed by atoms with van der Waals surface area (Å²) in [5.41, 5.74) is 2.15. The molecule has 3 rings (SSSR count). The number of ether oxygens (including phenoxy) is 2. The molecule has 0 saturated carbocycles. The molecule has 1 amide bonds. The predicted molar refractivity (Wildman–Crippen MR) is 125 cm³/mol. The van der Waals surface area contributed by atoms with Crippen molar-refractivity contribution >= 4 is 27.3 Å². The zero-order valence-corrected chi connectivity index (χ0v) is 19.0. The molecule has 8 heteroatoms. The van der Waals surface area contributed by atoms with Crippen molar-refractivity contribution in [3.8, 4) is 5.75 Å². The lowest BCUT2D eigenvalue weighted by Crippen LogP contribution is -2.16. The molecule has 0 spiro atoms. The highest BCUT2D eigenvalue weighted by atomic mass is 32.2. The second-order valence-electron chi connectivity index (χ2n) is 7.38. The Labute approximate surface area is 188 Å². The summed E-state index contributed by atoms with van der Waals surface area (Å²) < 4.78 is 38.7. The Kier molecular flexibility index (Phi) is 7.50. The average Bonchev–Trinajstić information content (AvgIpc) is 2.78. The Hall–Kier alpha value is -3.36. The van der Waals surface area contributed by atoms with E-state index in [-0.39, 0.29) is 16.6 Å². The van der Waals surface area contributed by atoms with Gasteiger partial charge in [-0.2, -0.15) is 0 Å². The first-order valence-electron chi connectivity index (χ1n) is 10.1. The minimum absolute atomic E-state index is 0.0138. The number of carbonyl (C=O) groups is 1. The Morgan fingerprint density at radius 1 is 0.938 bits per heavy atom. The van der Waals surface area contributed by atoms with Gasteiger partial charge in [0.05, 0.1) is 24.7 Å². The summed E-state index contributed by atoms with van der Waals surface area (Å²) in [5, 5.41) is 2.80. The van der Waals surface area contributed by atoms with E-state index in [4.69, 9.17) is 9.47 Å². The molecular formula is C24H26N2O5S. The smallest absolute Gasteiger partial charge is 0.261 e. The third-order valence-corrected chi connectivity index (χ3v) is 5.90. The van der Waals surface area contributed by atoms with E-state index in [1.54, 1.807) is 36.4 Å². The SMILES string of the molecule is COc1ccc(NS(=O)(=O)c2cccc(C(=O)Nc3cccc(COC(C)C)c3)c2)cc1. The molecule has 3 aromatic carbocycles. The van der Waals surface area contributed by atoms with E-state index in [0.717, 1.165) is 5.56 Å². The van der Waals surface area contributed by atoms with Crippen molar-refractivity contribution in [3.63, 3.8) is 0 Å². The normalized spacial score (nSPS) is 11.2. The van der Waals surface area contributed by atoms with Crippen LogP contribution in [0.3, 0.4) is 0 Å². The van der Waals surface area contributed by atoms with Gasteiger partial charge in [0, 0.05) is 16.9 Å². The first kappa shape index (κ1) is 23.3. The molecule has 0 saturated heterocycles. The molecule has 0 unspecified atom stereocenters. The van der Waals surface area contributed by atoms with Crippen LogP contribution in [0.4, 0.5) is 11.4 Å². The van der Waals surface area contributed by atoms with E-state index in [9.17, 15) is 13.2 Å². The first-order valence-corrected chi connectivity index (χ1v) is 11.5. The zero-order valence-electron chi connectivity index (χ0n) is 18.2. The van der Waals surface area contributed by atoms with Gasteiger partial charge in [0.15, 0.2) is 0 Å². The highest BCUT2D eigenvalue weighted by Gasteiger charge is 2.17. The molecule has 0 heterocycles. The third-order valence-electron chi connectivity index (χ3n) is 4.52. The number of rotatable bonds is 9. The molecule has 0 aliphatic heterocycles. The lowest BCUT2D eigenvalue weighted by atomic mass is 10.2. The van der Waals surface area contributed by atoms with Crippen LogP contribution >= 0.6 is 0 Å². The molecule has 0 aliphatic rings. The molecule has 7 nitrogen and oxygen atoms in total. The summed E-state index contributed by atoms with van der Waals surface area (Å²) in [6, 6.07) is 19.7. The lowest BCUT2D eigenvalue weighted by Gasteiger charge is -2.11. The van der Waals surface area contributed by atoms with Gasteiger partial charge in [-0.25, -0.2) is 8.42 Å². The summed E-state index contributed by atoms with van der Waals surface area (Å²) in [5.74, 6) is 0.208. The van der Waals surface area contributed by atoms with Crippen LogP contribution < -0.4 is 14.8 Å². The largest absolute Gasteiger partial charge is 0.497 e. The zero-order chi connectivity index (χ0) is 23.1. The Morgan fingerprint density at radius 3 is 2.34 bits per heavy atom. The van der Waals surface area contributed by atoms with E-state index in [1.807, 2.05) is 32.0 Å². The number of methoxy groups -OCH3 is 1. The van der Waals surface area contributed by atoms with Crippen LogP contribution in [0.1, 0.15) is 29.8 Å². The number of amides is 1. The van der Waals surface area contributed by atoms with Crippen LogP contribution in [0.2, 0.25) is 0 Å². The van der Waals surface area contributed by atoms with E-state index in [0.29, 0.717) is 23.7 Å². The van der Waals surface area contributed by atoms with Gasteiger partial charge in [-0.3, -0.25) is 9.52 Å². The second kappa shape index (κ2) is 10.3. The summed E-state index contributed by atoms with van der Waals surface area (Å²) in [4.78, 5) is 12.7. The van der Waals surface area contributed by atoms with Gasteiger partial charge in [-0.1, -0.05) is 18.2 Å². The van der Waals surface area contributed by atoms with Crippen LogP contribution in [0, 0.1) is 0 Å². The number of carbonyl (C=O) groups excluding carboxylic acids is 1. The fraction of sp³-hybridized carbons (Fsp3) is 0.208. The van der Waals surface area contributed by atoms with Crippen molar-refractivity contribution in [1.82, 2.24) is 0 Å². The monoisotopic (exact) mass is 454 g/mol. The second-order valence-corrected chi connectivity index (χ2v) is 9.06. The topological polar surface area (TPSA) is 93.7 Å². The standard InChI is InChI=1S/C24H26N2O5S/c1-17(2)31-16-18-6-4-8-21(14-18)25-24(27)19-7-5-9-23(15-19)32(28,29)26-20-10-12-22(30-3)13-11-20/h4-15,17,26H,16H2,1-3H3,(H,25,27). The molecule has 0 fully saturated rings. The number of benzene rings is 3. The first-order chi connectivity index (χ1) is 15.3. The Bertz CT molecular complexity index is 1180. The number of nitrogens with one attached hydrogen (secondary N) is 2. The minimum atomic E-state index is -3.87. The fourth-order valence-corrected chi connectivity index (χ4v) is 3.99. The molecule has 0 aromatic heterocycles. The summed E-state index contributed by atoms with van der Waals surface area (Å²) in [6.45, 7) is 4.35. The quantitative estimate of drug-likeness (QED) is 0.490. The maximum Gasteiger partial charge on any atom is 0.261 e. The Balaban J connectivity index is 1.73. The number of hydrogen-bond donors (Lipinski definition) is 2. The van der Waals surface area contributed by atoms with Gasteiger partial charge in [-0.15, -0.1) is 0 Å². The summed E-state index contributed by atoms with van der Waals surface area (Å²) in [6.07, 6.45) is 0.101. The average molecular weight is 455 g/mol. The lowest BCUT2D eigenvalue weighted by molar-refractivity contribution is 0.0657. The van der Waals surface area contributed by atoms with Crippen LogP contribution in [-0.2, 0) is 21.4 Å². The van der Waals surface area contributed by atoms with Crippen LogP contribution in [0.25, 0.3) is 0 Å². The van der Waals surface area contributed by atoms with Crippen molar-refractivity contribution in [2.24, 2.45) is 0 Å². The van der Waals surface area contributed by atoms with E-state index in [1.165, 1.54) is 25.3 Å². The van der Waals surface area contributed by atoms with Crippen LogP contribution in [0.5, 0.6) is 5.75 Å². The van der Waals surface area contributed by atoms with Gasteiger partial charge < -0.3 is 14.8 Å². The van der Waals surface area contributed by atoms with Gasteiger partial charge in [0.2, 0.25) is 0 Å². The summed E-state index contributed by atoms with van der Waals surface area (Å²) >= 11 is 0. The highest BCUT2D eigenvalue weighted by Crippen LogP contribution is 2.21. The number of hydrogen-bond acceptors (Lipinski definition) is 5. The highest BCUT2D eigenvalue weighted by molar-refractivity contribution is 7.92. The van der Waals surface area contributed by atoms with Crippen molar-refractivity contribution in [2.45, 2.75) is 31.5 Å². The third kappa shape index (κ3) is 6.32. The van der Waals surface area contributed by atoms with Crippen molar-refractivity contribution in [1.29, 1.82) is 0 Å². The molecule has 0 aliphatic carbocycles. The maximum atomic E-state index is 12.8. The Morgan fingerprint density at radius 2 is 1.66 bits per heavy atom. The number of sulfonamides is 1. The molecule has 2 N–H and O–H groups in total. The van der Waals surface area contributed by atoms with Crippen LogP contribution in [0.15, 0.2) is 77.7 Å². The van der Waals surface area contributed by atoms with Gasteiger partial charge in [0.1, 0.15) is 5.75 Å². The molecular weight excluding hydrogens is 428 g/mol. The molecule has 32 heavy (non-hydrogen) atoms. The van der Waals surface area contributed by atoms with E-state index >= 15 is 0 Å². The van der Waals surface area contributed by atoms with E-state index in [2.05, 4.69) is 10.0 Å². The van der Waals surface area contributed by atoms with E-state index < -0.39 is 15.9 Å². The molecule has 0 radical (unpaired) electrons. The number of anilines is 2. The maximum absolute atomic E-state index is 12.8. The van der Waals surface area contributed by atoms with Gasteiger partial charge in [0.25, 0.3) is 15.9 Å². The van der Waals surface area contributed by atoms with Crippen molar-refractivity contribution < 1.29 is 22.7 Å².